The second kappa shape index (κ2) is 19.6. The summed E-state index contributed by atoms with van der Waals surface area (Å²) in [7, 11) is 0. The van der Waals surface area contributed by atoms with Crippen LogP contribution in [0.5, 0.6) is 0 Å². The topological polar surface area (TPSA) is 24.1 Å². The summed E-state index contributed by atoms with van der Waals surface area (Å²) in [5, 5.41) is 7.08. The zero-order valence-corrected chi connectivity index (χ0v) is 31.6. The van der Waals surface area contributed by atoms with Crippen molar-refractivity contribution in [2.24, 2.45) is 58.7 Å². The highest BCUT2D eigenvalue weighted by atomic mass is 15.0. The predicted octanol–water partition coefficient (Wildman–Crippen LogP) is 11.9. The molecule has 2 nitrogen and oxygen atoms in total. The van der Waals surface area contributed by atoms with Crippen LogP contribution in [0.4, 0.5) is 0 Å². The van der Waals surface area contributed by atoms with E-state index in [-0.39, 0.29) is 0 Å². The first kappa shape index (κ1) is 39.1. The van der Waals surface area contributed by atoms with Crippen LogP contribution < -0.4 is 10.6 Å². The molecule has 6 rings (SSSR count). The fraction of sp³-hybridized carbons (Fsp3) is 1.00. The monoisotopic (exact) mass is 603 g/mol. The van der Waals surface area contributed by atoms with E-state index in [0.29, 0.717) is 11.0 Å². The molecule has 6 aliphatic rings. The Morgan fingerprint density at radius 2 is 0.953 bits per heavy atom. The molecule has 256 valence electrons. The molecule has 2 saturated heterocycles. The smallest absolute Gasteiger partial charge is 0.0185 e. The number of nitrogens with one attached hydrogen (secondary N) is 2. The molecule has 43 heavy (non-hydrogen) atoms. The average Bonchev–Trinajstić information content (AvgIpc) is 3.54. The van der Waals surface area contributed by atoms with Gasteiger partial charge in [0.15, 0.2) is 0 Å². The van der Waals surface area contributed by atoms with Crippen molar-refractivity contribution in [3.63, 3.8) is 0 Å². The van der Waals surface area contributed by atoms with Gasteiger partial charge < -0.3 is 10.6 Å². The van der Waals surface area contributed by atoms with Crippen LogP contribution in [0.3, 0.4) is 0 Å². The van der Waals surface area contributed by atoms with Gasteiger partial charge in [-0.3, -0.25) is 0 Å². The lowest BCUT2D eigenvalue weighted by atomic mass is 9.70. The lowest BCUT2D eigenvalue weighted by Gasteiger charge is -2.39. The van der Waals surface area contributed by atoms with E-state index in [1.807, 2.05) is 0 Å². The second-order valence-corrected chi connectivity index (χ2v) is 18.3. The van der Waals surface area contributed by atoms with Crippen LogP contribution in [0.15, 0.2) is 0 Å². The SMILES string of the molecule is CC(C)(C)C1CNC2(CCC2)C1.CC(C)C1CCC1.CC(C)C1CCC1.CC(C)C1CCCCC1.CC(C)C1CCNC1. The Balaban J connectivity index is 0.000000191. The maximum absolute atomic E-state index is 3.73. The minimum absolute atomic E-state index is 0.506. The van der Waals surface area contributed by atoms with E-state index in [2.05, 4.69) is 86.8 Å². The summed E-state index contributed by atoms with van der Waals surface area (Å²) in [4.78, 5) is 0. The Morgan fingerprint density at radius 3 is 1.14 bits per heavy atom. The van der Waals surface area contributed by atoms with E-state index in [4.69, 9.17) is 0 Å². The molecule has 4 saturated carbocycles. The number of hydrogen-bond donors (Lipinski definition) is 2. The molecule has 0 aromatic heterocycles. The lowest BCUT2D eigenvalue weighted by molar-refractivity contribution is 0.184. The fourth-order valence-electron chi connectivity index (χ4n) is 7.81. The van der Waals surface area contributed by atoms with Gasteiger partial charge in [-0.15, -0.1) is 0 Å². The van der Waals surface area contributed by atoms with Gasteiger partial charge in [0.25, 0.3) is 0 Å². The minimum Gasteiger partial charge on any atom is -0.316 e. The molecular formula is C41H82N2. The summed E-state index contributed by atoms with van der Waals surface area (Å²) in [6.45, 7) is 29.5. The van der Waals surface area contributed by atoms with Crippen molar-refractivity contribution >= 4 is 0 Å². The zero-order chi connectivity index (χ0) is 32.0. The van der Waals surface area contributed by atoms with Crippen molar-refractivity contribution in [1.29, 1.82) is 0 Å². The van der Waals surface area contributed by atoms with Crippen LogP contribution in [0, 0.1) is 58.7 Å². The van der Waals surface area contributed by atoms with Gasteiger partial charge in [0, 0.05) is 5.54 Å². The summed E-state index contributed by atoms with van der Waals surface area (Å²) in [6.07, 6.45) is 23.6. The van der Waals surface area contributed by atoms with Gasteiger partial charge in [-0.2, -0.15) is 0 Å². The van der Waals surface area contributed by atoms with Gasteiger partial charge in [0.05, 0.1) is 0 Å². The van der Waals surface area contributed by atoms with E-state index < -0.39 is 0 Å². The minimum atomic E-state index is 0.506. The molecule has 2 heteroatoms. The van der Waals surface area contributed by atoms with E-state index in [1.54, 1.807) is 0 Å². The third-order valence-corrected chi connectivity index (χ3v) is 12.7. The summed E-state index contributed by atoms with van der Waals surface area (Å²) in [5.41, 5.74) is 1.10. The molecular weight excluding hydrogens is 520 g/mol. The first-order chi connectivity index (χ1) is 20.2. The van der Waals surface area contributed by atoms with E-state index >= 15 is 0 Å². The predicted molar refractivity (Wildman–Crippen MR) is 194 cm³/mol. The molecule has 2 heterocycles. The standard InChI is InChI=1S/C11H21N.C9H18.C7H15N.2C7H14/c1-10(2,3)9-7-11(12-8-9)5-4-6-11;1-8(2)9-6-4-3-5-7-9;1-6(2)7-3-4-8-5-7;2*1-6(2)7-4-3-5-7/h9,12H,4-8H2,1-3H3;8-9H,3-7H2,1-2H3;6-8H,3-5H2,1-2H3;2*6-7H,3-5H2,1-2H3. The molecule has 0 radical (unpaired) electrons. The second-order valence-electron chi connectivity index (χ2n) is 18.3. The molecule has 6 fully saturated rings. The van der Waals surface area contributed by atoms with Gasteiger partial charge in [0.2, 0.25) is 0 Å². The highest BCUT2D eigenvalue weighted by Gasteiger charge is 2.46. The van der Waals surface area contributed by atoms with Gasteiger partial charge in [-0.1, -0.05) is 147 Å². The van der Waals surface area contributed by atoms with Crippen LogP contribution in [0.2, 0.25) is 0 Å². The van der Waals surface area contributed by atoms with Crippen molar-refractivity contribution in [3.8, 4) is 0 Å². The summed E-state index contributed by atoms with van der Waals surface area (Å²) < 4.78 is 0. The van der Waals surface area contributed by atoms with Crippen molar-refractivity contribution < 1.29 is 0 Å². The van der Waals surface area contributed by atoms with Gasteiger partial charge in [0.1, 0.15) is 0 Å². The first-order valence-corrected chi connectivity index (χ1v) is 19.7. The molecule has 2 aliphatic heterocycles. The van der Waals surface area contributed by atoms with Gasteiger partial charge in [-0.05, 0) is 110 Å². The first-order valence-electron chi connectivity index (χ1n) is 19.7. The van der Waals surface area contributed by atoms with Crippen molar-refractivity contribution in [1.82, 2.24) is 10.6 Å². The van der Waals surface area contributed by atoms with E-state index in [9.17, 15) is 0 Å². The molecule has 0 amide bonds. The Labute approximate surface area is 272 Å². The molecule has 2 unspecified atom stereocenters. The molecule has 2 atom stereocenters. The zero-order valence-electron chi connectivity index (χ0n) is 31.6. The van der Waals surface area contributed by atoms with Crippen LogP contribution in [0.1, 0.15) is 179 Å². The third kappa shape index (κ3) is 14.5. The van der Waals surface area contributed by atoms with Crippen molar-refractivity contribution in [3.05, 3.63) is 0 Å². The Hall–Kier alpha value is -0.0800. The Morgan fingerprint density at radius 1 is 0.512 bits per heavy atom. The summed E-state index contributed by atoms with van der Waals surface area (Å²) in [6, 6.07) is 0. The Bertz CT molecular complexity index is 659. The van der Waals surface area contributed by atoms with E-state index in [1.165, 1.54) is 122 Å². The average molecular weight is 603 g/mol. The van der Waals surface area contributed by atoms with Crippen LogP contribution >= 0.6 is 0 Å². The van der Waals surface area contributed by atoms with Crippen molar-refractivity contribution in [2.75, 3.05) is 19.6 Å². The van der Waals surface area contributed by atoms with Crippen LogP contribution in [0.25, 0.3) is 0 Å². The summed E-state index contributed by atoms with van der Waals surface area (Å²) >= 11 is 0. The molecule has 0 bridgehead atoms. The van der Waals surface area contributed by atoms with Crippen molar-refractivity contribution in [2.45, 2.75) is 184 Å². The molecule has 1 spiro atoms. The largest absolute Gasteiger partial charge is 0.316 e. The fourth-order valence-corrected chi connectivity index (χ4v) is 7.81. The van der Waals surface area contributed by atoms with E-state index in [0.717, 1.165) is 53.3 Å². The van der Waals surface area contributed by atoms with Gasteiger partial charge in [-0.25, -0.2) is 0 Å². The molecule has 0 aromatic carbocycles. The highest BCUT2D eigenvalue weighted by molar-refractivity contribution is 5.04. The number of rotatable bonds is 4. The quantitative estimate of drug-likeness (QED) is 0.334. The highest BCUT2D eigenvalue weighted by Crippen LogP contribution is 2.45. The third-order valence-electron chi connectivity index (χ3n) is 12.7. The number of hydrogen-bond acceptors (Lipinski definition) is 2. The molecule has 2 N–H and O–H groups in total. The van der Waals surface area contributed by atoms with Gasteiger partial charge >= 0.3 is 0 Å². The molecule has 4 aliphatic carbocycles. The normalized spacial score (nSPS) is 27.1. The maximum atomic E-state index is 3.73. The van der Waals surface area contributed by atoms with Crippen LogP contribution in [-0.4, -0.2) is 25.2 Å². The van der Waals surface area contributed by atoms with Crippen LogP contribution in [-0.2, 0) is 0 Å². The lowest BCUT2D eigenvalue weighted by Crippen LogP contribution is -2.45. The maximum Gasteiger partial charge on any atom is 0.0185 e. The summed E-state index contributed by atoms with van der Waals surface area (Å²) in [5.74, 6) is 8.80. The molecule has 0 aromatic rings. The Kier molecular flexibility index (Phi) is 17.8.